The van der Waals surface area contributed by atoms with E-state index in [1.165, 1.54) is 6.42 Å². The number of carbonyl (C=O) groups excluding carboxylic acids is 3. The molecule has 244 valence electrons. The Balaban J connectivity index is 1.17. The number of likely N-dealkylation sites (tertiary alicyclic amines) is 1. The highest BCUT2D eigenvalue weighted by atomic mass is 16.5. The number of nitrogens with zero attached hydrogens (tertiary/aromatic N) is 2. The average molecular weight is 621 g/mol. The van der Waals surface area contributed by atoms with E-state index >= 15 is 0 Å². The van der Waals surface area contributed by atoms with E-state index in [1.54, 1.807) is 24.3 Å². The van der Waals surface area contributed by atoms with Gasteiger partial charge in [0.1, 0.15) is 23.1 Å². The first-order valence-electron chi connectivity index (χ1n) is 16.6. The van der Waals surface area contributed by atoms with Gasteiger partial charge in [0.25, 0.3) is 5.91 Å². The van der Waals surface area contributed by atoms with Crippen LogP contribution in [-0.4, -0.2) is 88.2 Å². The van der Waals surface area contributed by atoms with Crippen molar-refractivity contribution in [2.24, 2.45) is 5.92 Å². The summed E-state index contributed by atoms with van der Waals surface area (Å²) in [7, 11) is 0. The Morgan fingerprint density at radius 2 is 1.67 bits per heavy atom. The van der Waals surface area contributed by atoms with Crippen LogP contribution in [0.15, 0.2) is 48.5 Å². The Bertz CT molecular complexity index is 1290. The summed E-state index contributed by atoms with van der Waals surface area (Å²) < 4.78 is 5.96. The third kappa shape index (κ3) is 7.68. The van der Waals surface area contributed by atoms with Crippen molar-refractivity contribution in [1.29, 1.82) is 0 Å². The zero-order valence-electron chi connectivity index (χ0n) is 26.4. The van der Waals surface area contributed by atoms with E-state index in [9.17, 15) is 19.5 Å². The summed E-state index contributed by atoms with van der Waals surface area (Å²) in [5.74, 6) is 0.880. The van der Waals surface area contributed by atoms with Crippen molar-refractivity contribution in [1.82, 2.24) is 20.4 Å². The summed E-state index contributed by atoms with van der Waals surface area (Å²) in [4.78, 5) is 43.8. The Hall–Kier alpha value is -3.47. The maximum Gasteiger partial charge on any atom is 0.251 e. The Morgan fingerprint density at radius 3 is 2.29 bits per heavy atom. The molecule has 1 spiro atoms. The minimum absolute atomic E-state index is 0.0605. The van der Waals surface area contributed by atoms with Crippen molar-refractivity contribution < 1.29 is 29.3 Å². The van der Waals surface area contributed by atoms with Crippen LogP contribution in [0.4, 0.5) is 0 Å². The molecular weight excluding hydrogens is 572 g/mol. The van der Waals surface area contributed by atoms with Gasteiger partial charge >= 0.3 is 0 Å². The van der Waals surface area contributed by atoms with Gasteiger partial charge in [0, 0.05) is 38.3 Å². The molecule has 0 aromatic heterocycles. The monoisotopic (exact) mass is 620 g/mol. The number of hydrogen-bond donors (Lipinski definition) is 4. The van der Waals surface area contributed by atoms with Crippen molar-refractivity contribution in [3.05, 3.63) is 59.7 Å². The maximum atomic E-state index is 13.9. The molecule has 1 saturated carbocycles. The molecule has 4 N–H and O–H groups in total. The first-order chi connectivity index (χ1) is 21.8. The van der Waals surface area contributed by atoms with Crippen LogP contribution < -0.4 is 15.4 Å². The van der Waals surface area contributed by atoms with E-state index in [0.717, 1.165) is 50.6 Å². The van der Waals surface area contributed by atoms with Gasteiger partial charge in [-0.05, 0) is 80.0 Å². The topological polar surface area (TPSA) is 131 Å². The summed E-state index contributed by atoms with van der Waals surface area (Å²) in [6.07, 6.45) is 7.16. The molecule has 5 rings (SSSR count). The van der Waals surface area contributed by atoms with Gasteiger partial charge in [-0.3, -0.25) is 19.3 Å². The van der Waals surface area contributed by atoms with E-state index < -0.39 is 17.7 Å². The molecular formula is C35H48N4O6. The standard InChI is InChI=1S/C35H48N4O6/c1-2-3-20-39-33(43)30(31(41)26-7-5-4-6-8-26)37-34(44)35(39)17-21-38(22-18-35)24-25-9-13-28(14-10-25)45-29-15-11-27(12-16-29)32(42)36-19-23-40/h9-16,26,30-31,40-41H,2-8,17-24H2,1H3,(H,36,42)(H,37,44). The van der Waals surface area contributed by atoms with Crippen molar-refractivity contribution in [2.45, 2.75) is 88.9 Å². The van der Waals surface area contributed by atoms with E-state index in [4.69, 9.17) is 9.84 Å². The molecule has 2 unspecified atom stereocenters. The fraction of sp³-hybridized carbons (Fsp3) is 0.571. The predicted molar refractivity (Wildman–Crippen MR) is 171 cm³/mol. The molecule has 1 aliphatic carbocycles. The van der Waals surface area contributed by atoms with Crippen LogP contribution in [0.2, 0.25) is 0 Å². The fourth-order valence-electron chi connectivity index (χ4n) is 7.04. The van der Waals surface area contributed by atoms with Gasteiger partial charge in [-0.15, -0.1) is 0 Å². The molecule has 3 aliphatic rings. The molecule has 45 heavy (non-hydrogen) atoms. The highest BCUT2D eigenvalue weighted by molar-refractivity contribution is 6.00. The number of nitrogens with one attached hydrogen (secondary N) is 2. The molecule has 2 aromatic carbocycles. The summed E-state index contributed by atoms with van der Waals surface area (Å²) in [6, 6.07) is 13.9. The second-order valence-corrected chi connectivity index (χ2v) is 12.7. The lowest BCUT2D eigenvalue weighted by Crippen LogP contribution is -2.75. The summed E-state index contributed by atoms with van der Waals surface area (Å²) in [5, 5.41) is 25.7. The molecule has 2 aromatic rings. The smallest absolute Gasteiger partial charge is 0.251 e. The van der Waals surface area contributed by atoms with Gasteiger partial charge in [-0.1, -0.05) is 44.7 Å². The number of ether oxygens (including phenoxy) is 1. The predicted octanol–water partition coefficient (Wildman–Crippen LogP) is 3.60. The lowest BCUT2D eigenvalue weighted by molar-refractivity contribution is -0.166. The molecule has 0 radical (unpaired) electrons. The Morgan fingerprint density at radius 1 is 1.02 bits per heavy atom. The maximum absolute atomic E-state index is 13.9. The number of aliphatic hydroxyl groups excluding tert-OH is 2. The summed E-state index contributed by atoms with van der Waals surface area (Å²) >= 11 is 0. The Labute approximate surface area is 266 Å². The van der Waals surface area contributed by atoms with Crippen LogP contribution in [0.25, 0.3) is 0 Å². The lowest BCUT2D eigenvalue weighted by atomic mass is 9.78. The number of unbranched alkanes of at least 4 members (excludes halogenated alkanes) is 1. The number of aliphatic hydroxyl groups is 2. The number of piperidine rings is 1. The second kappa shape index (κ2) is 15.2. The Kier molecular flexibility index (Phi) is 11.1. The first-order valence-corrected chi connectivity index (χ1v) is 16.6. The molecule has 0 bridgehead atoms. The van der Waals surface area contributed by atoms with Crippen molar-refractivity contribution in [3.63, 3.8) is 0 Å². The van der Waals surface area contributed by atoms with Crippen LogP contribution in [0.1, 0.15) is 80.6 Å². The van der Waals surface area contributed by atoms with Crippen LogP contribution in [0, 0.1) is 5.92 Å². The zero-order chi connectivity index (χ0) is 31.8. The van der Waals surface area contributed by atoms with Crippen molar-refractivity contribution >= 4 is 17.7 Å². The second-order valence-electron chi connectivity index (χ2n) is 12.7. The minimum Gasteiger partial charge on any atom is -0.457 e. The van der Waals surface area contributed by atoms with Crippen LogP contribution in [0.3, 0.4) is 0 Å². The third-order valence-corrected chi connectivity index (χ3v) is 9.73. The first kappa shape index (κ1) is 32.9. The lowest BCUT2D eigenvalue weighted by Gasteiger charge is -2.52. The third-order valence-electron chi connectivity index (χ3n) is 9.73. The largest absolute Gasteiger partial charge is 0.457 e. The van der Waals surface area contributed by atoms with Gasteiger partial charge in [-0.25, -0.2) is 0 Å². The van der Waals surface area contributed by atoms with Gasteiger partial charge < -0.3 is 30.5 Å². The van der Waals surface area contributed by atoms with Gasteiger partial charge in [-0.2, -0.15) is 0 Å². The number of hydrogen-bond acceptors (Lipinski definition) is 7. The summed E-state index contributed by atoms with van der Waals surface area (Å²) in [6.45, 7) is 4.83. The normalized spacial score (nSPS) is 21.4. The van der Waals surface area contributed by atoms with Crippen LogP contribution in [0.5, 0.6) is 11.5 Å². The molecule has 3 fully saturated rings. The molecule has 2 aliphatic heterocycles. The minimum atomic E-state index is -0.863. The van der Waals surface area contributed by atoms with E-state index in [-0.39, 0.29) is 36.8 Å². The number of piperazine rings is 1. The van der Waals surface area contributed by atoms with E-state index in [0.29, 0.717) is 49.5 Å². The van der Waals surface area contributed by atoms with E-state index in [1.807, 2.05) is 29.2 Å². The number of amides is 3. The van der Waals surface area contributed by atoms with Crippen LogP contribution in [-0.2, 0) is 16.1 Å². The fourth-order valence-corrected chi connectivity index (χ4v) is 7.04. The van der Waals surface area contributed by atoms with Crippen LogP contribution >= 0.6 is 0 Å². The molecule has 2 saturated heterocycles. The van der Waals surface area contributed by atoms with Crippen molar-refractivity contribution in [3.8, 4) is 11.5 Å². The number of carbonyl (C=O) groups is 3. The van der Waals surface area contributed by atoms with E-state index in [2.05, 4.69) is 22.5 Å². The van der Waals surface area contributed by atoms with Gasteiger partial charge in [0.2, 0.25) is 11.8 Å². The molecule has 3 amide bonds. The highest BCUT2D eigenvalue weighted by Crippen LogP contribution is 2.36. The highest BCUT2D eigenvalue weighted by Gasteiger charge is 2.55. The van der Waals surface area contributed by atoms with Gasteiger partial charge in [0.05, 0.1) is 12.7 Å². The zero-order valence-corrected chi connectivity index (χ0v) is 26.4. The summed E-state index contributed by atoms with van der Waals surface area (Å²) in [5.41, 5.74) is 0.755. The quantitative estimate of drug-likeness (QED) is 0.285. The molecule has 10 heteroatoms. The number of rotatable bonds is 12. The molecule has 2 heterocycles. The average Bonchev–Trinajstić information content (AvgIpc) is 3.07. The van der Waals surface area contributed by atoms with Crippen molar-refractivity contribution in [2.75, 3.05) is 32.8 Å². The SMILES string of the molecule is CCCCN1C(=O)C(C(O)C2CCCCC2)NC(=O)C12CCN(Cc1ccc(Oc3ccc(C(=O)NCCO)cc3)cc1)CC2. The number of benzene rings is 2. The molecule has 10 nitrogen and oxygen atoms in total. The van der Waals surface area contributed by atoms with Gasteiger partial charge in [0.15, 0.2) is 0 Å². The molecule has 2 atom stereocenters.